The van der Waals surface area contributed by atoms with Crippen molar-refractivity contribution in [3.63, 3.8) is 0 Å². The van der Waals surface area contributed by atoms with E-state index in [0.29, 0.717) is 39.4 Å². The molecule has 0 fully saturated rings. The van der Waals surface area contributed by atoms with Crippen molar-refractivity contribution in [3.05, 3.63) is 80.5 Å². The molecule has 4 nitrogen and oxygen atoms in total. The van der Waals surface area contributed by atoms with Gasteiger partial charge in [0.1, 0.15) is 12.2 Å². The van der Waals surface area contributed by atoms with E-state index in [1.165, 1.54) is 5.56 Å². The van der Waals surface area contributed by atoms with Crippen LogP contribution in [0.25, 0.3) is 0 Å². The van der Waals surface area contributed by atoms with Crippen LogP contribution in [0.5, 0.6) is 5.88 Å². The summed E-state index contributed by atoms with van der Waals surface area (Å²) in [5.41, 5.74) is 3.55. The summed E-state index contributed by atoms with van der Waals surface area (Å²) in [7, 11) is 1.75. The van der Waals surface area contributed by atoms with E-state index in [0.717, 1.165) is 5.56 Å². The van der Waals surface area contributed by atoms with Crippen molar-refractivity contribution in [2.75, 3.05) is 0 Å². The third-order valence-electron chi connectivity index (χ3n) is 4.07. The fourth-order valence-electron chi connectivity index (χ4n) is 2.71. The fraction of sp³-hybridized carbons (Fsp3) is 0.200. The Balaban J connectivity index is 1.92. The molecule has 0 unspecified atom stereocenters. The number of hydrogen-bond donors (Lipinski definition) is 0. The van der Waals surface area contributed by atoms with Crippen molar-refractivity contribution < 1.29 is 9.53 Å². The molecule has 0 aliphatic heterocycles. The molecule has 0 bridgehead atoms. The van der Waals surface area contributed by atoms with Gasteiger partial charge in [-0.3, -0.25) is 4.79 Å². The van der Waals surface area contributed by atoms with E-state index in [-0.39, 0.29) is 5.78 Å². The van der Waals surface area contributed by atoms with Gasteiger partial charge in [0.05, 0.1) is 10.7 Å². The van der Waals surface area contributed by atoms with Crippen LogP contribution < -0.4 is 4.74 Å². The number of ketones is 1. The molecule has 0 saturated heterocycles. The van der Waals surface area contributed by atoms with Crippen molar-refractivity contribution in [2.45, 2.75) is 20.5 Å². The first-order valence-electron chi connectivity index (χ1n) is 8.08. The Hall–Kier alpha value is -2.30. The van der Waals surface area contributed by atoms with Crippen LogP contribution in [-0.2, 0) is 13.7 Å². The third kappa shape index (κ3) is 3.76. The number of hydrogen-bond acceptors (Lipinski definition) is 3. The molecule has 0 saturated carbocycles. The Morgan fingerprint density at radius 1 is 1.12 bits per heavy atom. The number of benzene rings is 2. The maximum Gasteiger partial charge on any atom is 0.223 e. The predicted molar refractivity (Wildman–Crippen MR) is 103 cm³/mol. The van der Waals surface area contributed by atoms with Crippen molar-refractivity contribution in [2.24, 2.45) is 7.05 Å². The van der Waals surface area contributed by atoms with Crippen LogP contribution in [0.15, 0.2) is 42.5 Å². The Kier molecular flexibility index (Phi) is 5.35. The van der Waals surface area contributed by atoms with Crippen LogP contribution in [-0.4, -0.2) is 15.6 Å². The van der Waals surface area contributed by atoms with Gasteiger partial charge in [0.15, 0.2) is 0 Å². The van der Waals surface area contributed by atoms with Gasteiger partial charge in [-0.2, -0.15) is 5.10 Å². The summed E-state index contributed by atoms with van der Waals surface area (Å²) in [6, 6.07) is 12.8. The highest BCUT2D eigenvalue weighted by Crippen LogP contribution is 2.29. The van der Waals surface area contributed by atoms with E-state index >= 15 is 0 Å². The van der Waals surface area contributed by atoms with Gasteiger partial charge in [-0.1, -0.05) is 53.0 Å². The average molecular weight is 389 g/mol. The van der Waals surface area contributed by atoms with Gasteiger partial charge in [-0.05, 0) is 37.6 Å². The normalized spacial score (nSPS) is 10.8. The van der Waals surface area contributed by atoms with E-state index in [4.69, 9.17) is 27.9 Å². The first-order chi connectivity index (χ1) is 12.4. The fourth-order valence-corrected chi connectivity index (χ4v) is 3.20. The molecule has 2 aromatic carbocycles. The SMILES string of the molecule is Cc1ccc(COc2c(C(=O)c3ccc(Cl)cc3Cl)c(C)nn2C)cc1. The molecule has 0 aliphatic carbocycles. The smallest absolute Gasteiger partial charge is 0.223 e. The van der Waals surface area contributed by atoms with Crippen LogP contribution in [0.3, 0.4) is 0 Å². The standard InChI is InChI=1S/C20H18Cl2N2O2/c1-12-4-6-14(7-5-12)11-26-20-18(13(2)23-24(20)3)19(25)16-9-8-15(21)10-17(16)22/h4-10H,11H2,1-3H3. The molecule has 3 aromatic rings. The Bertz CT molecular complexity index is 963. The Morgan fingerprint density at radius 3 is 2.46 bits per heavy atom. The lowest BCUT2D eigenvalue weighted by Crippen LogP contribution is -2.08. The highest BCUT2D eigenvalue weighted by Gasteiger charge is 2.24. The zero-order chi connectivity index (χ0) is 18.8. The quantitative estimate of drug-likeness (QED) is 0.567. The van der Waals surface area contributed by atoms with E-state index in [2.05, 4.69) is 5.10 Å². The van der Waals surface area contributed by atoms with Crippen LogP contribution in [0.1, 0.15) is 32.7 Å². The number of nitrogens with zero attached hydrogens (tertiary/aromatic N) is 2. The first kappa shape index (κ1) is 18.5. The van der Waals surface area contributed by atoms with Gasteiger partial charge in [-0.25, -0.2) is 4.68 Å². The van der Waals surface area contributed by atoms with Crippen molar-refractivity contribution in [1.82, 2.24) is 9.78 Å². The monoisotopic (exact) mass is 388 g/mol. The largest absolute Gasteiger partial charge is 0.472 e. The van der Waals surface area contributed by atoms with E-state index in [1.54, 1.807) is 36.9 Å². The molecule has 0 atom stereocenters. The predicted octanol–water partition coefficient (Wildman–Crippen LogP) is 5.15. The number of carbonyl (C=O) groups excluding carboxylic acids is 1. The number of aromatic nitrogens is 2. The minimum Gasteiger partial charge on any atom is -0.472 e. The van der Waals surface area contributed by atoms with Gasteiger partial charge in [0, 0.05) is 17.6 Å². The molecule has 0 aliphatic rings. The molecular formula is C20H18Cl2N2O2. The summed E-state index contributed by atoms with van der Waals surface area (Å²) in [6.07, 6.45) is 0. The number of ether oxygens (including phenoxy) is 1. The number of rotatable bonds is 5. The van der Waals surface area contributed by atoms with Crippen molar-refractivity contribution in [3.8, 4) is 5.88 Å². The van der Waals surface area contributed by atoms with Gasteiger partial charge >= 0.3 is 0 Å². The summed E-state index contributed by atoms with van der Waals surface area (Å²) < 4.78 is 7.50. The molecule has 1 aromatic heterocycles. The second-order valence-corrected chi connectivity index (χ2v) is 6.96. The lowest BCUT2D eigenvalue weighted by molar-refractivity contribution is 0.103. The molecule has 3 rings (SSSR count). The van der Waals surface area contributed by atoms with Crippen molar-refractivity contribution in [1.29, 1.82) is 0 Å². The second-order valence-electron chi connectivity index (χ2n) is 6.12. The summed E-state index contributed by atoms with van der Waals surface area (Å²) in [6.45, 7) is 4.14. The van der Waals surface area contributed by atoms with Gasteiger partial charge in [-0.15, -0.1) is 0 Å². The van der Waals surface area contributed by atoms with Crippen LogP contribution in [0, 0.1) is 13.8 Å². The molecule has 0 N–H and O–H groups in total. The van der Waals surface area contributed by atoms with E-state index < -0.39 is 0 Å². The zero-order valence-electron chi connectivity index (χ0n) is 14.7. The lowest BCUT2D eigenvalue weighted by Gasteiger charge is -2.10. The minimum absolute atomic E-state index is 0.240. The molecular weight excluding hydrogens is 371 g/mol. The molecule has 6 heteroatoms. The maximum atomic E-state index is 13.0. The molecule has 1 heterocycles. The molecule has 0 spiro atoms. The average Bonchev–Trinajstić information content (AvgIpc) is 2.87. The van der Waals surface area contributed by atoms with Gasteiger partial charge in [0.25, 0.3) is 0 Å². The molecule has 26 heavy (non-hydrogen) atoms. The number of carbonyl (C=O) groups is 1. The van der Waals surface area contributed by atoms with Crippen molar-refractivity contribution >= 4 is 29.0 Å². The topological polar surface area (TPSA) is 44.1 Å². The molecule has 0 radical (unpaired) electrons. The summed E-state index contributed by atoms with van der Waals surface area (Å²) >= 11 is 12.1. The highest BCUT2D eigenvalue weighted by molar-refractivity contribution is 6.37. The Labute approximate surface area is 162 Å². The molecule has 134 valence electrons. The van der Waals surface area contributed by atoms with E-state index in [9.17, 15) is 4.79 Å². The maximum absolute atomic E-state index is 13.0. The summed E-state index contributed by atoms with van der Waals surface area (Å²) in [5, 5.41) is 5.11. The summed E-state index contributed by atoms with van der Waals surface area (Å²) in [4.78, 5) is 13.0. The second kappa shape index (κ2) is 7.52. The summed E-state index contributed by atoms with van der Waals surface area (Å²) in [5.74, 6) is 0.176. The van der Waals surface area contributed by atoms with Gasteiger partial charge in [0.2, 0.25) is 11.7 Å². The van der Waals surface area contributed by atoms with Crippen LogP contribution in [0.4, 0.5) is 0 Å². The Morgan fingerprint density at radius 2 is 1.81 bits per heavy atom. The van der Waals surface area contributed by atoms with Gasteiger partial charge < -0.3 is 4.74 Å². The first-order valence-corrected chi connectivity index (χ1v) is 8.84. The molecule has 0 amide bonds. The van der Waals surface area contributed by atoms with Crippen LogP contribution in [0.2, 0.25) is 10.0 Å². The zero-order valence-corrected chi connectivity index (χ0v) is 16.2. The number of aryl methyl sites for hydroxylation is 3. The van der Waals surface area contributed by atoms with E-state index in [1.807, 2.05) is 31.2 Å². The number of halogens is 2. The minimum atomic E-state index is -0.240. The lowest BCUT2D eigenvalue weighted by atomic mass is 10.0. The third-order valence-corrected chi connectivity index (χ3v) is 4.62. The van der Waals surface area contributed by atoms with Crippen LogP contribution >= 0.6 is 23.2 Å². The highest BCUT2D eigenvalue weighted by atomic mass is 35.5.